The number of carboxylic acids is 1. The van der Waals surface area contributed by atoms with Gasteiger partial charge in [0.05, 0.1) is 11.5 Å². The van der Waals surface area contributed by atoms with Crippen LogP contribution >= 0.6 is 0 Å². The van der Waals surface area contributed by atoms with Crippen LogP contribution < -0.4 is 4.74 Å². The molecule has 0 saturated carbocycles. The second-order valence-electron chi connectivity index (χ2n) is 5.26. The Balaban J connectivity index is 1.81. The number of benzene rings is 1. The van der Waals surface area contributed by atoms with Gasteiger partial charge in [0.15, 0.2) is 5.75 Å². The Kier molecular flexibility index (Phi) is 5.51. The molecule has 1 amide bonds. The van der Waals surface area contributed by atoms with Crippen LogP contribution in [0.4, 0.5) is 5.69 Å². The van der Waals surface area contributed by atoms with Crippen molar-refractivity contribution in [1.82, 2.24) is 4.90 Å². The molecule has 1 unspecified atom stereocenters. The second kappa shape index (κ2) is 7.57. The average molecular weight is 322 g/mol. The quantitative estimate of drug-likeness (QED) is 0.466. The molecule has 0 spiro atoms. The lowest BCUT2D eigenvalue weighted by molar-refractivity contribution is -0.385. The molecule has 1 N–H and O–H groups in total. The lowest BCUT2D eigenvalue weighted by Gasteiger charge is -2.21. The van der Waals surface area contributed by atoms with E-state index in [4.69, 9.17) is 9.84 Å². The summed E-state index contributed by atoms with van der Waals surface area (Å²) in [6.45, 7) is 0.614. The molecule has 0 aromatic heterocycles. The zero-order valence-corrected chi connectivity index (χ0v) is 12.5. The number of hydrogen-bond acceptors (Lipinski definition) is 5. The van der Waals surface area contributed by atoms with E-state index in [0.29, 0.717) is 25.8 Å². The van der Waals surface area contributed by atoms with E-state index >= 15 is 0 Å². The van der Waals surface area contributed by atoms with Crippen molar-refractivity contribution in [1.29, 1.82) is 0 Å². The number of aliphatic carboxylic acids is 1. The molecule has 2 rings (SSSR count). The van der Waals surface area contributed by atoms with Gasteiger partial charge in [-0.1, -0.05) is 12.1 Å². The predicted octanol–water partition coefficient (Wildman–Crippen LogP) is 1.83. The predicted molar refractivity (Wildman–Crippen MR) is 80.2 cm³/mol. The van der Waals surface area contributed by atoms with Crippen molar-refractivity contribution in [3.63, 3.8) is 0 Å². The first-order valence-corrected chi connectivity index (χ1v) is 7.39. The monoisotopic (exact) mass is 322 g/mol. The highest BCUT2D eigenvalue weighted by molar-refractivity contribution is 5.84. The summed E-state index contributed by atoms with van der Waals surface area (Å²) in [5, 5.41) is 19.9. The minimum Gasteiger partial charge on any atom is -0.487 e. The molecule has 23 heavy (non-hydrogen) atoms. The van der Waals surface area contributed by atoms with Crippen LogP contribution in [0.25, 0.3) is 0 Å². The smallest absolute Gasteiger partial charge is 0.326 e. The number of carbonyl (C=O) groups excluding carboxylic acids is 1. The second-order valence-corrected chi connectivity index (χ2v) is 5.26. The summed E-state index contributed by atoms with van der Waals surface area (Å²) >= 11 is 0. The largest absolute Gasteiger partial charge is 0.487 e. The van der Waals surface area contributed by atoms with Gasteiger partial charge in [-0.05, 0) is 25.3 Å². The van der Waals surface area contributed by atoms with Crippen LogP contribution in [0.2, 0.25) is 0 Å². The van der Waals surface area contributed by atoms with Gasteiger partial charge in [0.1, 0.15) is 6.04 Å². The molecule has 0 bridgehead atoms. The maximum atomic E-state index is 12.0. The minimum absolute atomic E-state index is 0.121. The van der Waals surface area contributed by atoms with Crippen LogP contribution in [0.5, 0.6) is 5.75 Å². The third-order valence-corrected chi connectivity index (χ3v) is 3.71. The Hall–Kier alpha value is -2.64. The molecule has 1 fully saturated rings. The van der Waals surface area contributed by atoms with Gasteiger partial charge in [-0.15, -0.1) is 0 Å². The lowest BCUT2D eigenvalue weighted by atomic mass is 10.2. The zero-order chi connectivity index (χ0) is 16.8. The minimum atomic E-state index is -0.980. The van der Waals surface area contributed by atoms with E-state index in [2.05, 4.69) is 0 Å². The fourth-order valence-electron chi connectivity index (χ4n) is 2.60. The highest BCUT2D eigenvalue weighted by atomic mass is 16.6. The first-order chi connectivity index (χ1) is 11.0. The van der Waals surface area contributed by atoms with E-state index in [9.17, 15) is 19.7 Å². The van der Waals surface area contributed by atoms with Crippen molar-refractivity contribution in [3.05, 3.63) is 34.4 Å². The Labute approximate surface area is 132 Å². The standard InChI is InChI=1S/C15H18N2O6/c18-14(16-9-3-6-12(16)15(19)20)8-4-10-23-13-7-2-1-5-11(13)17(21)22/h1-2,5,7,12H,3-4,6,8-10H2,(H,19,20). The number of hydrogen-bond donors (Lipinski definition) is 1. The number of nitro benzene ring substituents is 1. The molecule has 1 atom stereocenters. The molecule has 1 aromatic rings. The first kappa shape index (κ1) is 16.7. The van der Waals surface area contributed by atoms with Gasteiger partial charge >= 0.3 is 11.7 Å². The lowest BCUT2D eigenvalue weighted by Crippen LogP contribution is -2.40. The van der Waals surface area contributed by atoms with E-state index in [-0.39, 0.29) is 30.4 Å². The molecule has 8 nitrogen and oxygen atoms in total. The van der Waals surface area contributed by atoms with Crippen molar-refractivity contribution in [2.24, 2.45) is 0 Å². The zero-order valence-electron chi connectivity index (χ0n) is 12.5. The number of nitrogens with zero attached hydrogens (tertiary/aromatic N) is 2. The van der Waals surface area contributed by atoms with Gasteiger partial charge in [-0.25, -0.2) is 4.79 Å². The third-order valence-electron chi connectivity index (χ3n) is 3.71. The maximum Gasteiger partial charge on any atom is 0.326 e. The molecule has 1 aliphatic rings. The summed E-state index contributed by atoms with van der Waals surface area (Å²) in [6, 6.07) is 5.30. The van der Waals surface area contributed by atoms with Crippen molar-refractivity contribution in [2.45, 2.75) is 31.7 Å². The summed E-state index contributed by atoms with van der Waals surface area (Å²) in [5.41, 5.74) is -0.121. The first-order valence-electron chi connectivity index (χ1n) is 7.39. The van der Waals surface area contributed by atoms with E-state index in [1.54, 1.807) is 12.1 Å². The van der Waals surface area contributed by atoms with E-state index in [0.717, 1.165) is 0 Å². The fourth-order valence-corrected chi connectivity index (χ4v) is 2.60. The molecular formula is C15H18N2O6. The van der Waals surface area contributed by atoms with Crippen LogP contribution in [0.1, 0.15) is 25.7 Å². The van der Waals surface area contributed by atoms with Gasteiger partial charge in [0, 0.05) is 19.0 Å². The average Bonchev–Trinajstić information content (AvgIpc) is 3.01. The molecule has 0 radical (unpaired) electrons. The summed E-state index contributed by atoms with van der Waals surface area (Å²) in [7, 11) is 0. The normalized spacial score (nSPS) is 17.0. The van der Waals surface area contributed by atoms with E-state index < -0.39 is 16.9 Å². The van der Waals surface area contributed by atoms with Gasteiger partial charge in [-0.3, -0.25) is 14.9 Å². The van der Waals surface area contributed by atoms with Crippen LogP contribution in [0.3, 0.4) is 0 Å². The number of ether oxygens (including phenoxy) is 1. The molecule has 1 aliphatic heterocycles. The van der Waals surface area contributed by atoms with Crippen LogP contribution in [0, 0.1) is 10.1 Å². The Morgan fingerprint density at radius 3 is 2.83 bits per heavy atom. The highest BCUT2D eigenvalue weighted by Crippen LogP contribution is 2.26. The number of carboxylic acid groups (broad SMARTS) is 1. The van der Waals surface area contributed by atoms with Gasteiger partial charge < -0.3 is 14.7 Å². The van der Waals surface area contributed by atoms with Crippen molar-refractivity contribution >= 4 is 17.6 Å². The molecular weight excluding hydrogens is 304 g/mol. The van der Waals surface area contributed by atoms with Crippen molar-refractivity contribution in [2.75, 3.05) is 13.2 Å². The molecule has 1 aromatic carbocycles. The van der Waals surface area contributed by atoms with E-state index in [1.165, 1.54) is 17.0 Å². The van der Waals surface area contributed by atoms with Gasteiger partial charge in [0.25, 0.3) is 0 Å². The molecule has 0 aliphatic carbocycles. The van der Waals surface area contributed by atoms with Crippen molar-refractivity contribution in [3.8, 4) is 5.75 Å². The van der Waals surface area contributed by atoms with Gasteiger partial charge in [-0.2, -0.15) is 0 Å². The van der Waals surface area contributed by atoms with Crippen molar-refractivity contribution < 1.29 is 24.4 Å². The number of para-hydroxylation sites is 2. The highest BCUT2D eigenvalue weighted by Gasteiger charge is 2.33. The van der Waals surface area contributed by atoms with E-state index in [1.807, 2.05) is 0 Å². The number of nitro groups is 1. The SMILES string of the molecule is O=C(O)C1CCCN1C(=O)CCCOc1ccccc1[N+](=O)[O-]. The number of carbonyl (C=O) groups is 2. The van der Waals surface area contributed by atoms with Crippen LogP contribution in [-0.2, 0) is 9.59 Å². The fraction of sp³-hybridized carbons (Fsp3) is 0.467. The molecule has 1 saturated heterocycles. The Morgan fingerprint density at radius 2 is 2.13 bits per heavy atom. The van der Waals surface area contributed by atoms with Crippen LogP contribution in [-0.4, -0.2) is 46.0 Å². The number of likely N-dealkylation sites (tertiary alicyclic amines) is 1. The Bertz CT molecular complexity index is 603. The molecule has 124 valence electrons. The molecule has 1 heterocycles. The van der Waals surface area contributed by atoms with Crippen LogP contribution in [0.15, 0.2) is 24.3 Å². The summed E-state index contributed by atoms with van der Waals surface area (Å²) in [5.74, 6) is -1.04. The molecule has 8 heteroatoms. The Morgan fingerprint density at radius 1 is 1.39 bits per heavy atom. The topological polar surface area (TPSA) is 110 Å². The summed E-state index contributed by atoms with van der Waals surface area (Å²) < 4.78 is 5.36. The van der Waals surface area contributed by atoms with Gasteiger partial charge in [0.2, 0.25) is 5.91 Å². The summed E-state index contributed by atoms with van der Waals surface area (Å²) in [6.07, 6.45) is 1.70. The third kappa shape index (κ3) is 4.18. The number of amides is 1. The maximum absolute atomic E-state index is 12.0. The number of rotatable bonds is 7. The summed E-state index contributed by atoms with van der Waals surface area (Å²) in [4.78, 5) is 34.8.